The molecule has 9 heteroatoms. The number of benzene rings is 2. The van der Waals surface area contributed by atoms with Crippen LogP contribution in [0.3, 0.4) is 0 Å². The van der Waals surface area contributed by atoms with Crippen LogP contribution >= 0.6 is 0 Å². The molecule has 0 fully saturated rings. The smallest absolute Gasteiger partial charge is 0.348 e. The van der Waals surface area contributed by atoms with Crippen LogP contribution in [-0.4, -0.2) is 54.8 Å². The average Bonchev–Trinajstić information content (AvgIpc) is 2.72. The Morgan fingerprint density at radius 3 is 2.32 bits per heavy atom. The van der Waals surface area contributed by atoms with Crippen molar-refractivity contribution in [3.05, 3.63) is 53.1 Å². The van der Waals surface area contributed by atoms with Gasteiger partial charge in [-0.3, -0.25) is 0 Å². The summed E-state index contributed by atoms with van der Waals surface area (Å²) in [7, 11) is 0. The zero-order valence-electron chi connectivity index (χ0n) is 16.8. The Morgan fingerprint density at radius 2 is 1.74 bits per heavy atom. The molecule has 1 atom stereocenters. The molecule has 0 spiro atoms. The van der Waals surface area contributed by atoms with Gasteiger partial charge in [0, 0.05) is 24.7 Å². The van der Waals surface area contributed by atoms with E-state index >= 15 is 0 Å². The second-order valence-corrected chi connectivity index (χ2v) is 6.93. The third kappa shape index (κ3) is 5.67. The zero-order chi connectivity index (χ0) is 23.2. The molecule has 6 N–H and O–H groups in total. The van der Waals surface area contributed by atoms with Crippen molar-refractivity contribution >= 4 is 18.0 Å². The van der Waals surface area contributed by atoms with E-state index in [1.165, 1.54) is 43.3 Å². The largest absolute Gasteiger partial charge is 0.504 e. The van der Waals surface area contributed by atoms with E-state index in [-0.39, 0.29) is 42.9 Å². The van der Waals surface area contributed by atoms with Crippen LogP contribution in [0.4, 0.5) is 0 Å². The predicted molar refractivity (Wildman–Crippen MR) is 110 cm³/mol. The third-order valence-electron chi connectivity index (χ3n) is 4.77. The normalized spacial score (nSPS) is 13.1. The molecule has 166 valence electrons. The van der Waals surface area contributed by atoms with Crippen LogP contribution in [0.2, 0.25) is 0 Å². The molecule has 0 unspecified atom stereocenters. The minimum atomic E-state index is -1.95. The lowest BCUT2D eigenvalue weighted by Gasteiger charge is -2.28. The summed E-state index contributed by atoms with van der Waals surface area (Å²) in [5.41, 5.74) is -1.05. The third-order valence-corrected chi connectivity index (χ3v) is 4.77. The molecule has 9 nitrogen and oxygen atoms in total. The quantitative estimate of drug-likeness (QED) is 0.198. The Hall–Kier alpha value is -3.72. The summed E-state index contributed by atoms with van der Waals surface area (Å²) in [6.45, 7) is 1.24. The lowest BCUT2D eigenvalue weighted by molar-refractivity contribution is -0.175. The average molecular weight is 432 g/mol. The van der Waals surface area contributed by atoms with Crippen molar-refractivity contribution in [2.75, 3.05) is 6.61 Å². The number of aliphatic hydroxyl groups is 1. The minimum Gasteiger partial charge on any atom is -0.504 e. The number of hydrogen-bond acceptors (Lipinski definition) is 8. The number of hydrogen-bond donors (Lipinski definition) is 6. The number of aliphatic carboxylic acids is 1. The highest BCUT2D eigenvalue weighted by molar-refractivity contribution is 5.90. The molecule has 0 heterocycles. The van der Waals surface area contributed by atoms with Gasteiger partial charge in [0.2, 0.25) is 5.60 Å². The van der Waals surface area contributed by atoms with Gasteiger partial charge in [-0.25, -0.2) is 9.59 Å². The van der Waals surface area contributed by atoms with E-state index in [9.17, 15) is 35.1 Å². The van der Waals surface area contributed by atoms with Gasteiger partial charge in [0.05, 0.1) is 0 Å². The fraction of sp³-hybridized carbons (Fsp3) is 0.273. The number of phenols is 4. The molecule has 0 radical (unpaired) electrons. The number of aromatic hydroxyl groups is 4. The number of carbonyl (C=O) groups is 2. The number of esters is 1. The number of rotatable bonds is 9. The van der Waals surface area contributed by atoms with Crippen molar-refractivity contribution in [1.82, 2.24) is 0 Å². The van der Waals surface area contributed by atoms with Crippen molar-refractivity contribution in [1.29, 1.82) is 0 Å². The van der Waals surface area contributed by atoms with E-state index in [1.807, 2.05) is 0 Å². The minimum absolute atomic E-state index is 0.0431. The highest BCUT2D eigenvalue weighted by atomic mass is 16.6. The highest BCUT2D eigenvalue weighted by Crippen LogP contribution is 2.33. The second-order valence-electron chi connectivity index (χ2n) is 6.93. The Morgan fingerprint density at radius 1 is 1.03 bits per heavy atom. The molecule has 0 aromatic heterocycles. The van der Waals surface area contributed by atoms with Gasteiger partial charge in [0.1, 0.15) is 0 Å². The fourth-order valence-electron chi connectivity index (χ4n) is 3.02. The van der Waals surface area contributed by atoms with Gasteiger partial charge in [-0.15, -0.1) is 0 Å². The van der Waals surface area contributed by atoms with E-state index in [4.69, 9.17) is 9.84 Å². The summed E-state index contributed by atoms with van der Waals surface area (Å²) in [5.74, 6) is -3.93. The van der Waals surface area contributed by atoms with E-state index in [2.05, 4.69) is 0 Å². The van der Waals surface area contributed by atoms with Gasteiger partial charge in [-0.2, -0.15) is 0 Å². The molecule has 0 bridgehead atoms. The molecular formula is C22H24O9. The summed E-state index contributed by atoms with van der Waals surface area (Å²) in [4.78, 5) is 24.3. The van der Waals surface area contributed by atoms with Crippen molar-refractivity contribution in [2.45, 2.75) is 31.8 Å². The van der Waals surface area contributed by atoms with E-state index < -0.39 is 29.0 Å². The molecular weight excluding hydrogens is 408 g/mol. The fourth-order valence-corrected chi connectivity index (χ4v) is 3.02. The first-order chi connectivity index (χ1) is 14.6. The van der Waals surface area contributed by atoms with E-state index in [1.54, 1.807) is 0 Å². The van der Waals surface area contributed by atoms with Gasteiger partial charge < -0.3 is 35.4 Å². The number of carboxylic acid groups (broad SMARTS) is 1. The van der Waals surface area contributed by atoms with Gasteiger partial charge >= 0.3 is 11.9 Å². The van der Waals surface area contributed by atoms with E-state index in [0.717, 1.165) is 6.08 Å². The van der Waals surface area contributed by atoms with Crippen molar-refractivity contribution in [2.24, 2.45) is 0 Å². The summed E-state index contributed by atoms with van der Waals surface area (Å²) < 4.78 is 5.27. The van der Waals surface area contributed by atoms with Crippen LogP contribution in [0, 0.1) is 0 Å². The summed E-state index contributed by atoms with van der Waals surface area (Å²) in [5, 5.41) is 57.5. The van der Waals surface area contributed by atoms with Crippen molar-refractivity contribution in [3.8, 4) is 23.0 Å². The summed E-state index contributed by atoms with van der Waals surface area (Å²) >= 11 is 0. The molecule has 0 amide bonds. The Bertz CT molecular complexity index is 997. The molecule has 2 rings (SSSR count). The van der Waals surface area contributed by atoms with E-state index in [0.29, 0.717) is 11.1 Å². The maximum atomic E-state index is 12.3. The number of ether oxygens (including phenoxy) is 1. The topological polar surface area (TPSA) is 165 Å². The molecule has 2 aromatic rings. The maximum absolute atomic E-state index is 12.3. The summed E-state index contributed by atoms with van der Waals surface area (Å²) in [6, 6.07) is 6.49. The second kappa shape index (κ2) is 9.86. The monoisotopic (exact) mass is 432 g/mol. The van der Waals surface area contributed by atoms with Crippen molar-refractivity contribution in [3.63, 3.8) is 0 Å². The summed E-state index contributed by atoms with van der Waals surface area (Å²) in [6.07, 6.45) is 1.95. The van der Waals surface area contributed by atoms with Crippen molar-refractivity contribution < 1.29 is 45.0 Å². The first-order valence-electron chi connectivity index (χ1n) is 9.43. The Labute approximate surface area is 178 Å². The van der Waals surface area contributed by atoms with Crippen LogP contribution in [0.25, 0.3) is 6.08 Å². The first-order valence-corrected chi connectivity index (χ1v) is 9.43. The lowest BCUT2D eigenvalue weighted by Crippen LogP contribution is -2.44. The van der Waals surface area contributed by atoms with Crippen LogP contribution in [-0.2, 0) is 27.2 Å². The molecule has 0 aliphatic rings. The van der Waals surface area contributed by atoms with Gasteiger partial charge in [0.15, 0.2) is 23.0 Å². The Kier molecular flexibility index (Phi) is 7.49. The number of carbonyl (C=O) groups excluding carboxylic acids is 1. The molecule has 31 heavy (non-hydrogen) atoms. The van der Waals surface area contributed by atoms with Gasteiger partial charge in [0.25, 0.3) is 0 Å². The van der Waals surface area contributed by atoms with Crippen LogP contribution in [0.15, 0.2) is 36.4 Å². The molecule has 0 aliphatic carbocycles. The number of carboxylic acids is 1. The molecule has 0 saturated heterocycles. The molecule has 0 saturated carbocycles. The lowest BCUT2D eigenvalue weighted by atomic mass is 9.90. The van der Waals surface area contributed by atoms with Gasteiger partial charge in [-0.1, -0.05) is 19.1 Å². The number of aliphatic hydroxyl groups excluding tert-OH is 1. The SMILES string of the molecule is CC[C@](Cc1cc(O)c(O)c(CCO)c1)(OC(=O)C=Cc1ccc(O)c(O)c1)C(=O)O. The Balaban J connectivity index is 2.28. The highest BCUT2D eigenvalue weighted by Gasteiger charge is 2.41. The van der Waals surface area contributed by atoms with Crippen LogP contribution < -0.4 is 0 Å². The maximum Gasteiger partial charge on any atom is 0.348 e. The molecule has 2 aromatic carbocycles. The standard InChI is InChI=1S/C22H24O9/c1-2-22(21(29)30,12-14-9-15(7-8-23)20(28)18(26)11-14)31-19(27)6-4-13-3-5-16(24)17(25)10-13/h3-6,9-11,23-26,28H,2,7-8,12H2,1H3,(H,29,30)/t22-/m1/s1. The number of phenolic OH excluding ortho intramolecular Hbond substituents is 4. The van der Waals surface area contributed by atoms with Crippen LogP contribution in [0.1, 0.15) is 30.0 Å². The van der Waals surface area contributed by atoms with Crippen LogP contribution in [0.5, 0.6) is 23.0 Å². The predicted octanol–water partition coefficient (Wildman–Crippen LogP) is 2.08. The zero-order valence-corrected chi connectivity index (χ0v) is 16.8. The molecule has 0 aliphatic heterocycles. The van der Waals surface area contributed by atoms with Gasteiger partial charge in [-0.05, 0) is 48.2 Å². The first kappa shape index (κ1) is 23.6.